The second kappa shape index (κ2) is 7.76. The van der Waals surface area contributed by atoms with E-state index in [-0.39, 0.29) is 4.90 Å². The molecule has 0 atom stereocenters. The van der Waals surface area contributed by atoms with Crippen LogP contribution < -0.4 is 5.14 Å². The van der Waals surface area contributed by atoms with E-state index >= 15 is 0 Å². The molecule has 1 heterocycles. The molecule has 29 heavy (non-hydrogen) atoms. The minimum absolute atomic E-state index is 0.0497. The predicted molar refractivity (Wildman–Crippen MR) is 119 cm³/mol. The molecule has 1 aromatic heterocycles. The first kappa shape index (κ1) is 19.8. The third-order valence-corrected chi connectivity index (χ3v) is 6.05. The van der Waals surface area contributed by atoms with E-state index in [2.05, 4.69) is 15.9 Å². The standard InChI is InChI=1S/C21H15BrClN3O2S/c22-16-3-1-2-15(12-16)20-13-21(14-4-6-17(23)7-5-14)26(25-20)18-8-10-19(11-9-18)29(24,27)28/h1-13H,(H2,24,27,28). The highest BCUT2D eigenvalue weighted by Gasteiger charge is 2.15. The monoisotopic (exact) mass is 487 g/mol. The third kappa shape index (κ3) is 4.28. The summed E-state index contributed by atoms with van der Waals surface area (Å²) in [4.78, 5) is 0.0497. The van der Waals surface area contributed by atoms with Crippen molar-refractivity contribution in [1.29, 1.82) is 0 Å². The molecule has 8 heteroatoms. The van der Waals surface area contributed by atoms with Gasteiger partial charge < -0.3 is 0 Å². The maximum absolute atomic E-state index is 11.6. The zero-order chi connectivity index (χ0) is 20.6. The Hall–Kier alpha value is -2.45. The number of benzene rings is 3. The maximum Gasteiger partial charge on any atom is 0.238 e. The Labute approximate surface area is 181 Å². The van der Waals surface area contributed by atoms with Gasteiger partial charge in [0.2, 0.25) is 10.0 Å². The first-order valence-corrected chi connectivity index (χ1v) is 11.3. The molecule has 0 unspecified atom stereocenters. The fourth-order valence-corrected chi connectivity index (χ4v) is 4.01. The first-order valence-electron chi connectivity index (χ1n) is 8.56. The summed E-state index contributed by atoms with van der Waals surface area (Å²) in [6.07, 6.45) is 0. The van der Waals surface area contributed by atoms with Crippen molar-refractivity contribution in [1.82, 2.24) is 9.78 Å². The number of nitrogens with two attached hydrogens (primary N) is 1. The van der Waals surface area contributed by atoms with Gasteiger partial charge in [0.05, 0.1) is 22.0 Å². The van der Waals surface area contributed by atoms with Gasteiger partial charge in [0.1, 0.15) is 0 Å². The van der Waals surface area contributed by atoms with Crippen molar-refractivity contribution in [3.05, 3.63) is 88.4 Å². The molecule has 0 aliphatic carbocycles. The van der Waals surface area contributed by atoms with Gasteiger partial charge in [-0.15, -0.1) is 0 Å². The summed E-state index contributed by atoms with van der Waals surface area (Å²) in [5.74, 6) is 0. The average Bonchev–Trinajstić information content (AvgIpc) is 3.13. The van der Waals surface area contributed by atoms with Gasteiger partial charge >= 0.3 is 0 Å². The fourth-order valence-electron chi connectivity index (χ4n) is 2.97. The number of primary sulfonamides is 1. The molecule has 4 rings (SSSR count). The van der Waals surface area contributed by atoms with Crippen LogP contribution >= 0.6 is 27.5 Å². The normalized spacial score (nSPS) is 11.6. The molecule has 4 aromatic rings. The highest BCUT2D eigenvalue weighted by Crippen LogP contribution is 2.30. The zero-order valence-electron chi connectivity index (χ0n) is 15.0. The zero-order valence-corrected chi connectivity index (χ0v) is 18.1. The van der Waals surface area contributed by atoms with Crippen LogP contribution in [0.15, 0.2) is 88.2 Å². The van der Waals surface area contributed by atoms with Crippen LogP contribution in [0.2, 0.25) is 5.02 Å². The molecule has 0 saturated heterocycles. The van der Waals surface area contributed by atoms with Gasteiger partial charge in [0, 0.05) is 20.6 Å². The highest BCUT2D eigenvalue weighted by atomic mass is 79.9. The molecule has 0 saturated carbocycles. The van der Waals surface area contributed by atoms with E-state index in [0.717, 1.165) is 27.0 Å². The number of sulfonamides is 1. The fraction of sp³-hybridized carbons (Fsp3) is 0. The number of nitrogens with zero attached hydrogens (tertiary/aromatic N) is 2. The summed E-state index contributed by atoms with van der Waals surface area (Å²) in [6, 6.07) is 23.6. The summed E-state index contributed by atoms with van der Waals surface area (Å²) < 4.78 is 25.8. The Kier molecular flexibility index (Phi) is 5.31. The number of rotatable bonds is 4. The molecule has 0 radical (unpaired) electrons. The predicted octanol–water partition coefficient (Wildman–Crippen LogP) is 5.27. The SMILES string of the molecule is NS(=O)(=O)c1ccc(-n2nc(-c3cccc(Br)c3)cc2-c2ccc(Cl)cc2)cc1. The number of aromatic nitrogens is 2. The van der Waals surface area contributed by atoms with Crippen molar-refractivity contribution < 1.29 is 8.42 Å². The van der Waals surface area contributed by atoms with Crippen molar-refractivity contribution in [2.75, 3.05) is 0 Å². The smallest absolute Gasteiger partial charge is 0.232 e. The first-order chi connectivity index (χ1) is 13.8. The van der Waals surface area contributed by atoms with Crippen LogP contribution in [0.4, 0.5) is 0 Å². The van der Waals surface area contributed by atoms with E-state index < -0.39 is 10.0 Å². The molecule has 0 aliphatic rings. The summed E-state index contributed by atoms with van der Waals surface area (Å²) in [5.41, 5.74) is 4.23. The van der Waals surface area contributed by atoms with E-state index in [1.165, 1.54) is 12.1 Å². The van der Waals surface area contributed by atoms with Gasteiger partial charge in [0.25, 0.3) is 0 Å². The Morgan fingerprint density at radius 3 is 2.21 bits per heavy atom. The lowest BCUT2D eigenvalue weighted by atomic mass is 10.1. The molecule has 146 valence electrons. The van der Waals surface area contributed by atoms with E-state index in [1.807, 2.05) is 54.6 Å². The summed E-state index contributed by atoms with van der Waals surface area (Å²) in [6.45, 7) is 0. The van der Waals surface area contributed by atoms with Gasteiger partial charge in [-0.1, -0.05) is 51.8 Å². The molecular weight excluding hydrogens is 474 g/mol. The van der Waals surface area contributed by atoms with E-state index in [4.69, 9.17) is 21.8 Å². The lowest BCUT2D eigenvalue weighted by molar-refractivity contribution is 0.598. The molecule has 0 amide bonds. The lowest BCUT2D eigenvalue weighted by Crippen LogP contribution is -2.12. The van der Waals surface area contributed by atoms with Crippen molar-refractivity contribution in [3.8, 4) is 28.2 Å². The van der Waals surface area contributed by atoms with Crippen LogP contribution in [0.1, 0.15) is 0 Å². The van der Waals surface area contributed by atoms with Crippen LogP contribution in [0.25, 0.3) is 28.2 Å². The third-order valence-electron chi connectivity index (χ3n) is 4.38. The van der Waals surface area contributed by atoms with Crippen LogP contribution in [0.5, 0.6) is 0 Å². The molecule has 0 bridgehead atoms. The van der Waals surface area contributed by atoms with Crippen molar-refractivity contribution >= 4 is 37.6 Å². The molecule has 3 aromatic carbocycles. The lowest BCUT2D eigenvalue weighted by Gasteiger charge is -2.08. The number of hydrogen-bond donors (Lipinski definition) is 1. The van der Waals surface area contributed by atoms with Gasteiger partial charge in [-0.2, -0.15) is 5.10 Å². The highest BCUT2D eigenvalue weighted by molar-refractivity contribution is 9.10. The topological polar surface area (TPSA) is 78.0 Å². The molecule has 0 aliphatic heterocycles. The Morgan fingerprint density at radius 1 is 0.897 bits per heavy atom. The van der Waals surface area contributed by atoms with Gasteiger partial charge in [0.15, 0.2) is 0 Å². The van der Waals surface area contributed by atoms with Crippen molar-refractivity contribution in [2.24, 2.45) is 5.14 Å². The maximum atomic E-state index is 11.6. The van der Waals surface area contributed by atoms with Crippen LogP contribution in [-0.2, 0) is 10.0 Å². The van der Waals surface area contributed by atoms with Crippen molar-refractivity contribution in [2.45, 2.75) is 4.90 Å². The van der Waals surface area contributed by atoms with E-state index in [0.29, 0.717) is 10.7 Å². The minimum Gasteiger partial charge on any atom is -0.232 e. The molecule has 0 fully saturated rings. The Balaban J connectivity index is 1.88. The van der Waals surface area contributed by atoms with E-state index in [1.54, 1.807) is 16.8 Å². The summed E-state index contributed by atoms with van der Waals surface area (Å²) in [5, 5.41) is 10.6. The number of hydrogen-bond acceptors (Lipinski definition) is 3. The minimum atomic E-state index is -3.76. The quantitative estimate of drug-likeness (QED) is 0.425. The largest absolute Gasteiger partial charge is 0.238 e. The summed E-state index contributed by atoms with van der Waals surface area (Å²) >= 11 is 9.53. The van der Waals surface area contributed by atoms with Crippen molar-refractivity contribution in [3.63, 3.8) is 0 Å². The Bertz CT molecular complexity index is 1280. The van der Waals surface area contributed by atoms with Gasteiger partial charge in [-0.25, -0.2) is 18.2 Å². The second-order valence-electron chi connectivity index (χ2n) is 6.38. The molecule has 5 nitrogen and oxygen atoms in total. The Morgan fingerprint density at radius 2 is 1.59 bits per heavy atom. The van der Waals surface area contributed by atoms with E-state index in [9.17, 15) is 8.42 Å². The molecule has 2 N–H and O–H groups in total. The van der Waals surface area contributed by atoms with Crippen LogP contribution in [-0.4, -0.2) is 18.2 Å². The number of halogens is 2. The molecule has 0 spiro atoms. The van der Waals surface area contributed by atoms with Crippen LogP contribution in [0.3, 0.4) is 0 Å². The van der Waals surface area contributed by atoms with Gasteiger partial charge in [-0.3, -0.25) is 0 Å². The second-order valence-corrected chi connectivity index (χ2v) is 9.30. The van der Waals surface area contributed by atoms with Crippen LogP contribution in [0, 0.1) is 0 Å². The average molecular weight is 489 g/mol. The van der Waals surface area contributed by atoms with Gasteiger partial charge in [-0.05, 0) is 54.6 Å². The molecular formula is C21H15BrClN3O2S. The summed E-state index contributed by atoms with van der Waals surface area (Å²) in [7, 11) is -3.76.